The molecular formula is C26H22F5NO4. The highest BCUT2D eigenvalue weighted by atomic mass is 19.4. The van der Waals surface area contributed by atoms with E-state index in [0.717, 1.165) is 30.2 Å². The molecule has 10 heteroatoms. The van der Waals surface area contributed by atoms with Crippen molar-refractivity contribution in [3.8, 4) is 22.8 Å². The number of alkyl halides is 3. The maximum atomic E-state index is 14.5. The van der Waals surface area contributed by atoms with Crippen molar-refractivity contribution in [2.24, 2.45) is 5.92 Å². The van der Waals surface area contributed by atoms with E-state index < -0.39 is 40.3 Å². The van der Waals surface area contributed by atoms with Crippen molar-refractivity contribution in [3.63, 3.8) is 0 Å². The van der Waals surface area contributed by atoms with Crippen LogP contribution in [0.15, 0.2) is 42.6 Å². The summed E-state index contributed by atoms with van der Waals surface area (Å²) in [5.41, 5.74) is -0.0868. The summed E-state index contributed by atoms with van der Waals surface area (Å²) < 4.78 is 78.9. The SMILES string of the molecule is CCOC=O.Oc1ccc(-c2cc(COc3cc4c(cn3)C3CC3C4)c(F)cc2C(F)(F)F)c(F)c1. The van der Waals surface area contributed by atoms with Crippen molar-refractivity contribution in [1.29, 1.82) is 0 Å². The van der Waals surface area contributed by atoms with Gasteiger partial charge in [0.1, 0.15) is 24.0 Å². The molecule has 5 nitrogen and oxygen atoms in total. The van der Waals surface area contributed by atoms with E-state index >= 15 is 0 Å². The van der Waals surface area contributed by atoms with Gasteiger partial charge in [-0.15, -0.1) is 0 Å². The van der Waals surface area contributed by atoms with Gasteiger partial charge in [0, 0.05) is 29.5 Å². The molecule has 0 radical (unpaired) electrons. The van der Waals surface area contributed by atoms with Gasteiger partial charge in [-0.3, -0.25) is 4.79 Å². The maximum absolute atomic E-state index is 14.5. The van der Waals surface area contributed by atoms with E-state index in [0.29, 0.717) is 37.0 Å². The minimum atomic E-state index is -4.90. The maximum Gasteiger partial charge on any atom is 0.417 e. The molecule has 2 aromatic carbocycles. The molecule has 1 saturated carbocycles. The van der Waals surface area contributed by atoms with Gasteiger partial charge in [0.25, 0.3) is 6.47 Å². The highest BCUT2D eigenvalue weighted by molar-refractivity contribution is 5.70. The third-order valence-electron chi connectivity index (χ3n) is 6.15. The number of hydrogen-bond acceptors (Lipinski definition) is 5. The molecule has 2 aliphatic carbocycles. The van der Waals surface area contributed by atoms with E-state index in [9.17, 15) is 31.9 Å². The van der Waals surface area contributed by atoms with E-state index in [1.54, 1.807) is 19.2 Å². The number of aromatic nitrogens is 1. The number of phenols is 1. The van der Waals surface area contributed by atoms with Crippen LogP contribution in [0.25, 0.3) is 11.1 Å². The fourth-order valence-electron chi connectivity index (χ4n) is 4.34. The second-order valence-electron chi connectivity index (χ2n) is 8.52. The zero-order chi connectivity index (χ0) is 26.0. The topological polar surface area (TPSA) is 68.7 Å². The first-order chi connectivity index (χ1) is 17.1. The smallest absolute Gasteiger partial charge is 0.417 e. The van der Waals surface area contributed by atoms with Crippen molar-refractivity contribution in [2.45, 2.75) is 38.5 Å². The minimum absolute atomic E-state index is 0.166. The Labute approximate surface area is 203 Å². The number of benzene rings is 2. The molecule has 0 spiro atoms. The first-order valence-corrected chi connectivity index (χ1v) is 11.2. The minimum Gasteiger partial charge on any atom is -0.508 e. The number of pyridine rings is 1. The Bertz CT molecular complexity index is 1280. The quantitative estimate of drug-likeness (QED) is 0.319. The van der Waals surface area contributed by atoms with Crippen LogP contribution in [0.2, 0.25) is 0 Å². The van der Waals surface area contributed by atoms with Gasteiger partial charge < -0.3 is 14.6 Å². The van der Waals surface area contributed by atoms with Gasteiger partial charge in [0.2, 0.25) is 5.88 Å². The van der Waals surface area contributed by atoms with Crippen LogP contribution in [-0.4, -0.2) is 23.2 Å². The third kappa shape index (κ3) is 5.42. The van der Waals surface area contributed by atoms with E-state index in [-0.39, 0.29) is 18.1 Å². The van der Waals surface area contributed by atoms with Gasteiger partial charge in [-0.2, -0.15) is 13.2 Å². The molecule has 3 aromatic rings. The molecular weight excluding hydrogens is 485 g/mol. The average Bonchev–Trinajstić information content (AvgIpc) is 3.49. The van der Waals surface area contributed by atoms with Crippen molar-refractivity contribution in [1.82, 2.24) is 4.98 Å². The molecule has 5 rings (SSSR count). The van der Waals surface area contributed by atoms with Gasteiger partial charge in [-0.1, -0.05) is 0 Å². The van der Waals surface area contributed by atoms with E-state index in [1.807, 2.05) is 0 Å². The van der Waals surface area contributed by atoms with Crippen molar-refractivity contribution >= 4 is 6.47 Å². The number of carbonyl (C=O) groups is 1. The fraction of sp³-hybridized carbons (Fsp3) is 0.308. The number of aromatic hydroxyl groups is 1. The number of ether oxygens (including phenoxy) is 2. The van der Waals surface area contributed by atoms with E-state index in [1.165, 1.54) is 12.0 Å². The Morgan fingerprint density at radius 1 is 1.11 bits per heavy atom. The predicted molar refractivity (Wildman–Crippen MR) is 119 cm³/mol. The standard InChI is InChI=1S/C23H16F5NO2.C3H6O2/c24-20-8-19(23(26,27)28)17(15-2-1-14(30)7-21(15)25)5-13(20)10-31-22-6-12-3-11-4-16(11)18(12)9-29-22;1-2-5-3-4/h1-2,5-9,11,16,30H,3-4,10H2;3H,2H2,1H3. The van der Waals surface area contributed by atoms with Crippen LogP contribution in [-0.2, 0) is 28.7 Å². The number of hydrogen-bond donors (Lipinski definition) is 1. The van der Waals surface area contributed by atoms with E-state index in [2.05, 4.69) is 9.72 Å². The molecule has 2 aliphatic rings. The Hall–Kier alpha value is -3.69. The summed E-state index contributed by atoms with van der Waals surface area (Å²) in [6, 6.07) is 5.83. The van der Waals surface area contributed by atoms with Crippen LogP contribution in [0.4, 0.5) is 22.0 Å². The highest BCUT2D eigenvalue weighted by Crippen LogP contribution is 2.56. The Morgan fingerprint density at radius 3 is 2.53 bits per heavy atom. The van der Waals surface area contributed by atoms with Gasteiger partial charge in [0.15, 0.2) is 0 Å². The van der Waals surface area contributed by atoms with Crippen molar-refractivity contribution < 1.29 is 41.3 Å². The predicted octanol–water partition coefficient (Wildman–Crippen LogP) is 6.17. The van der Waals surface area contributed by atoms with Crippen molar-refractivity contribution in [2.75, 3.05) is 6.61 Å². The largest absolute Gasteiger partial charge is 0.508 e. The van der Waals surface area contributed by atoms with Crippen LogP contribution in [0, 0.1) is 17.6 Å². The van der Waals surface area contributed by atoms with Gasteiger partial charge >= 0.3 is 6.18 Å². The van der Waals surface area contributed by atoms with Crippen LogP contribution in [0.3, 0.4) is 0 Å². The Morgan fingerprint density at radius 2 is 1.89 bits per heavy atom. The first-order valence-electron chi connectivity index (χ1n) is 11.2. The monoisotopic (exact) mass is 507 g/mol. The molecule has 36 heavy (non-hydrogen) atoms. The fourth-order valence-corrected chi connectivity index (χ4v) is 4.34. The number of halogens is 5. The lowest BCUT2D eigenvalue weighted by Gasteiger charge is -2.17. The van der Waals surface area contributed by atoms with Gasteiger partial charge in [-0.05, 0) is 72.6 Å². The molecule has 0 bridgehead atoms. The molecule has 2 atom stereocenters. The van der Waals surface area contributed by atoms with Gasteiger partial charge in [0.05, 0.1) is 12.2 Å². The molecule has 0 saturated heterocycles. The average molecular weight is 507 g/mol. The lowest BCUT2D eigenvalue weighted by atomic mass is 9.96. The Balaban J connectivity index is 0.000000556. The summed E-state index contributed by atoms with van der Waals surface area (Å²) >= 11 is 0. The number of fused-ring (bicyclic) bond motifs is 3. The van der Waals surface area contributed by atoms with Crippen LogP contribution in [0.5, 0.6) is 11.6 Å². The number of carbonyl (C=O) groups excluding carboxylic acids is 1. The zero-order valence-electron chi connectivity index (χ0n) is 19.1. The molecule has 0 amide bonds. The lowest BCUT2D eigenvalue weighted by molar-refractivity contribution is -0.137. The number of phenolic OH excluding ortho intramolecular Hbond substituents is 1. The molecule has 0 aliphatic heterocycles. The van der Waals surface area contributed by atoms with Crippen LogP contribution < -0.4 is 4.74 Å². The molecule has 1 aromatic heterocycles. The summed E-state index contributed by atoms with van der Waals surface area (Å²) in [4.78, 5) is 13.4. The van der Waals surface area contributed by atoms with Crippen LogP contribution in [0.1, 0.15) is 41.5 Å². The highest BCUT2D eigenvalue weighted by Gasteiger charge is 2.45. The summed E-state index contributed by atoms with van der Waals surface area (Å²) in [5, 5.41) is 9.36. The normalized spacial score (nSPS) is 17.4. The second kappa shape index (κ2) is 10.1. The third-order valence-corrected chi connectivity index (χ3v) is 6.15. The molecule has 1 heterocycles. The van der Waals surface area contributed by atoms with E-state index in [4.69, 9.17) is 4.74 Å². The summed E-state index contributed by atoms with van der Waals surface area (Å²) in [6.45, 7) is 2.30. The zero-order valence-corrected chi connectivity index (χ0v) is 19.1. The van der Waals surface area contributed by atoms with Gasteiger partial charge in [-0.25, -0.2) is 13.8 Å². The van der Waals surface area contributed by atoms with Crippen molar-refractivity contribution in [3.05, 3.63) is 76.5 Å². The molecule has 1 N–H and O–H groups in total. The lowest BCUT2D eigenvalue weighted by Crippen LogP contribution is -2.11. The number of rotatable bonds is 6. The Kier molecular flexibility index (Phi) is 7.14. The second-order valence-corrected chi connectivity index (χ2v) is 8.52. The first kappa shape index (κ1) is 25.4. The summed E-state index contributed by atoms with van der Waals surface area (Å²) in [5.74, 6) is -1.12. The molecule has 190 valence electrons. The van der Waals surface area contributed by atoms with Crippen LogP contribution >= 0.6 is 0 Å². The molecule has 1 fully saturated rings. The molecule has 2 unspecified atom stereocenters. The summed E-state index contributed by atoms with van der Waals surface area (Å²) in [7, 11) is 0. The number of nitrogens with zero attached hydrogens (tertiary/aromatic N) is 1. The summed E-state index contributed by atoms with van der Waals surface area (Å²) in [6.07, 6.45) is -1.05.